The first-order valence-electron chi connectivity index (χ1n) is 8.23. The Kier molecular flexibility index (Phi) is 3.81. The number of anilines is 1. The van der Waals surface area contributed by atoms with Crippen LogP contribution in [0, 0.1) is 5.41 Å². The summed E-state index contributed by atoms with van der Waals surface area (Å²) >= 11 is 1.59. The molecule has 0 bridgehead atoms. The van der Waals surface area contributed by atoms with Crippen LogP contribution in [0.4, 0.5) is 5.82 Å². The zero-order valence-corrected chi connectivity index (χ0v) is 14.0. The van der Waals surface area contributed by atoms with Crippen LogP contribution in [0.2, 0.25) is 0 Å². The summed E-state index contributed by atoms with van der Waals surface area (Å²) in [6.07, 6.45) is 5.35. The van der Waals surface area contributed by atoms with E-state index in [9.17, 15) is 4.79 Å². The third-order valence-corrected chi connectivity index (χ3v) is 5.81. The average Bonchev–Trinajstić information content (AvgIpc) is 3.26. The highest BCUT2D eigenvalue weighted by Crippen LogP contribution is 2.40. The van der Waals surface area contributed by atoms with E-state index >= 15 is 0 Å². The van der Waals surface area contributed by atoms with Crippen LogP contribution in [-0.4, -0.2) is 42.0 Å². The Bertz CT molecular complexity index is 673. The zero-order chi connectivity index (χ0) is 15.7. The van der Waals surface area contributed by atoms with Crippen LogP contribution in [0.15, 0.2) is 41.2 Å². The van der Waals surface area contributed by atoms with Crippen molar-refractivity contribution in [2.75, 3.05) is 31.1 Å². The maximum absolute atomic E-state index is 12.6. The fourth-order valence-electron chi connectivity index (χ4n) is 3.95. The van der Waals surface area contributed by atoms with Gasteiger partial charge in [0.25, 0.3) is 5.91 Å². The summed E-state index contributed by atoms with van der Waals surface area (Å²) < 4.78 is 0. The van der Waals surface area contributed by atoms with Crippen LogP contribution in [0.5, 0.6) is 0 Å². The third-order valence-electron chi connectivity index (χ3n) is 5.13. The molecular weight excluding hydrogens is 306 g/mol. The molecule has 120 valence electrons. The van der Waals surface area contributed by atoms with Crippen LogP contribution in [0.1, 0.15) is 29.6 Å². The molecule has 0 N–H and O–H groups in total. The van der Waals surface area contributed by atoms with E-state index in [0.717, 1.165) is 44.0 Å². The van der Waals surface area contributed by atoms with Gasteiger partial charge in [0.15, 0.2) is 0 Å². The van der Waals surface area contributed by atoms with E-state index in [1.807, 2.05) is 40.1 Å². The Morgan fingerprint density at radius 2 is 2.13 bits per heavy atom. The lowest BCUT2D eigenvalue weighted by molar-refractivity contribution is 0.0768. The summed E-state index contributed by atoms with van der Waals surface area (Å²) in [5.74, 6) is 1.26. The van der Waals surface area contributed by atoms with Gasteiger partial charge in [-0.1, -0.05) is 6.07 Å². The third kappa shape index (κ3) is 2.85. The number of nitrogens with zero attached hydrogens (tertiary/aromatic N) is 3. The first-order valence-corrected chi connectivity index (χ1v) is 9.18. The standard InChI is InChI=1S/C18H21N3OS/c22-17(15-5-11-23-12-15)21-10-7-18(14-21)6-3-9-20(13-18)16-4-1-2-8-19-16/h1-2,4-5,8,11-12H,3,6-7,9-10,13-14H2/t18-/m1/s1. The number of likely N-dealkylation sites (tertiary alicyclic amines) is 1. The molecule has 0 radical (unpaired) electrons. The van der Waals surface area contributed by atoms with Gasteiger partial charge in [-0.15, -0.1) is 0 Å². The lowest BCUT2D eigenvalue weighted by Crippen LogP contribution is -2.45. The van der Waals surface area contributed by atoms with Crippen molar-refractivity contribution in [1.82, 2.24) is 9.88 Å². The van der Waals surface area contributed by atoms with Crippen molar-refractivity contribution < 1.29 is 4.79 Å². The van der Waals surface area contributed by atoms with Gasteiger partial charge < -0.3 is 9.80 Å². The normalized spacial score (nSPS) is 24.3. The number of pyridine rings is 1. The van der Waals surface area contributed by atoms with E-state index in [4.69, 9.17) is 0 Å². The van der Waals surface area contributed by atoms with Gasteiger partial charge >= 0.3 is 0 Å². The van der Waals surface area contributed by atoms with E-state index in [2.05, 4.69) is 16.0 Å². The van der Waals surface area contributed by atoms with Crippen molar-refractivity contribution in [3.05, 3.63) is 46.8 Å². The Balaban J connectivity index is 1.48. The molecule has 4 heterocycles. The highest BCUT2D eigenvalue weighted by molar-refractivity contribution is 7.08. The molecule has 0 aromatic carbocycles. The molecule has 4 nitrogen and oxygen atoms in total. The van der Waals surface area contributed by atoms with E-state index in [1.54, 1.807) is 11.3 Å². The molecule has 1 atom stereocenters. The molecule has 2 aliphatic rings. The predicted molar refractivity (Wildman–Crippen MR) is 93.0 cm³/mol. The number of carbonyl (C=O) groups is 1. The molecule has 0 aliphatic carbocycles. The molecule has 1 amide bonds. The molecule has 2 aliphatic heterocycles. The molecule has 2 saturated heterocycles. The van der Waals surface area contributed by atoms with Gasteiger partial charge in [0.05, 0.1) is 5.56 Å². The first kappa shape index (κ1) is 14.7. The lowest BCUT2D eigenvalue weighted by Gasteiger charge is -2.41. The predicted octanol–water partition coefficient (Wildman–Crippen LogP) is 3.28. The summed E-state index contributed by atoms with van der Waals surface area (Å²) in [5, 5.41) is 3.93. The van der Waals surface area contributed by atoms with Crippen molar-refractivity contribution in [2.24, 2.45) is 5.41 Å². The molecule has 5 heteroatoms. The molecule has 4 rings (SSSR count). The fourth-order valence-corrected chi connectivity index (χ4v) is 4.58. The zero-order valence-electron chi connectivity index (χ0n) is 13.1. The molecule has 1 spiro atoms. The highest BCUT2D eigenvalue weighted by atomic mass is 32.1. The van der Waals surface area contributed by atoms with Crippen molar-refractivity contribution in [3.8, 4) is 0 Å². The van der Waals surface area contributed by atoms with Crippen molar-refractivity contribution in [2.45, 2.75) is 19.3 Å². The van der Waals surface area contributed by atoms with Crippen molar-refractivity contribution in [3.63, 3.8) is 0 Å². The van der Waals surface area contributed by atoms with Gasteiger partial charge in [0.2, 0.25) is 0 Å². The summed E-state index contributed by atoms with van der Waals surface area (Å²) in [7, 11) is 0. The lowest BCUT2D eigenvalue weighted by atomic mass is 9.79. The second kappa shape index (κ2) is 5.96. The molecular formula is C18H21N3OS. The fraction of sp³-hybridized carbons (Fsp3) is 0.444. The largest absolute Gasteiger partial charge is 0.356 e. The minimum absolute atomic E-state index is 0.193. The van der Waals surface area contributed by atoms with E-state index in [1.165, 1.54) is 12.8 Å². The smallest absolute Gasteiger partial charge is 0.254 e. The van der Waals surface area contributed by atoms with Crippen molar-refractivity contribution in [1.29, 1.82) is 0 Å². The number of aromatic nitrogens is 1. The average molecular weight is 327 g/mol. The van der Waals surface area contributed by atoms with Crippen molar-refractivity contribution >= 4 is 23.1 Å². The molecule has 0 saturated carbocycles. The Morgan fingerprint density at radius 3 is 2.91 bits per heavy atom. The van der Waals surface area contributed by atoms with Gasteiger partial charge in [-0.25, -0.2) is 4.98 Å². The van der Waals surface area contributed by atoms with Gasteiger partial charge in [-0.2, -0.15) is 11.3 Å². The Morgan fingerprint density at radius 1 is 1.17 bits per heavy atom. The quantitative estimate of drug-likeness (QED) is 0.849. The number of hydrogen-bond donors (Lipinski definition) is 0. The number of rotatable bonds is 2. The summed E-state index contributed by atoms with van der Waals surface area (Å²) in [6.45, 7) is 3.84. The molecule has 2 aromatic rings. The summed E-state index contributed by atoms with van der Waals surface area (Å²) in [4.78, 5) is 21.5. The van der Waals surface area contributed by atoms with E-state index in [-0.39, 0.29) is 11.3 Å². The van der Waals surface area contributed by atoms with Gasteiger partial charge in [0, 0.05) is 43.2 Å². The van der Waals surface area contributed by atoms with Gasteiger partial charge in [0.1, 0.15) is 5.82 Å². The topological polar surface area (TPSA) is 36.4 Å². The first-order chi connectivity index (χ1) is 11.3. The SMILES string of the molecule is O=C(c1ccsc1)N1CC[C@@]2(CCCN(c3ccccn3)C2)C1. The highest BCUT2D eigenvalue weighted by Gasteiger charge is 2.43. The van der Waals surface area contributed by atoms with Gasteiger partial charge in [-0.3, -0.25) is 4.79 Å². The Hall–Kier alpha value is -1.88. The Labute approximate surface area is 140 Å². The monoisotopic (exact) mass is 327 g/mol. The second-order valence-corrected chi connectivity index (χ2v) is 7.48. The number of amides is 1. The number of piperidine rings is 1. The van der Waals surface area contributed by atoms with Crippen LogP contribution >= 0.6 is 11.3 Å². The summed E-state index contributed by atoms with van der Waals surface area (Å²) in [6, 6.07) is 8.02. The minimum atomic E-state index is 0.193. The molecule has 0 unspecified atom stereocenters. The van der Waals surface area contributed by atoms with E-state index < -0.39 is 0 Å². The van der Waals surface area contributed by atoms with Crippen LogP contribution in [0.3, 0.4) is 0 Å². The molecule has 23 heavy (non-hydrogen) atoms. The number of hydrogen-bond acceptors (Lipinski definition) is 4. The van der Waals surface area contributed by atoms with Crippen LogP contribution in [0.25, 0.3) is 0 Å². The van der Waals surface area contributed by atoms with Crippen LogP contribution in [-0.2, 0) is 0 Å². The van der Waals surface area contributed by atoms with E-state index in [0.29, 0.717) is 0 Å². The van der Waals surface area contributed by atoms with Gasteiger partial charge in [-0.05, 0) is 42.8 Å². The summed E-state index contributed by atoms with van der Waals surface area (Å²) in [5.41, 5.74) is 1.07. The second-order valence-electron chi connectivity index (χ2n) is 6.70. The maximum atomic E-state index is 12.6. The number of thiophene rings is 1. The minimum Gasteiger partial charge on any atom is -0.356 e. The van der Waals surface area contributed by atoms with Crippen LogP contribution < -0.4 is 4.90 Å². The number of carbonyl (C=O) groups excluding carboxylic acids is 1. The molecule has 2 aromatic heterocycles. The maximum Gasteiger partial charge on any atom is 0.254 e. The molecule has 2 fully saturated rings.